The quantitative estimate of drug-likeness (QED) is 0.477. The molecule has 0 radical (unpaired) electrons. The molecule has 1 aliphatic heterocycles. The third-order valence-electron chi connectivity index (χ3n) is 5.42. The second-order valence-electron chi connectivity index (χ2n) is 7.60. The number of aromatic nitrogens is 2. The molecule has 1 fully saturated rings. The summed E-state index contributed by atoms with van der Waals surface area (Å²) in [4.78, 5) is 41.9. The molecule has 0 spiro atoms. The van der Waals surface area contributed by atoms with E-state index in [2.05, 4.69) is 20.9 Å². The van der Waals surface area contributed by atoms with Gasteiger partial charge in [0.1, 0.15) is 5.82 Å². The van der Waals surface area contributed by atoms with E-state index in [0.29, 0.717) is 11.1 Å². The normalized spacial score (nSPS) is 17.9. The molecule has 0 saturated carbocycles. The highest BCUT2D eigenvalue weighted by Gasteiger charge is 2.51. The molecule has 2 heterocycles. The van der Waals surface area contributed by atoms with Crippen molar-refractivity contribution in [1.82, 2.24) is 25.5 Å². The number of amides is 4. The van der Waals surface area contributed by atoms with Gasteiger partial charge in [0.15, 0.2) is 5.54 Å². The molecule has 1 saturated heterocycles. The predicted octanol–water partition coefficient (Wildman–Crippen LogP) is 3.22. The highest BCUT2D eigenvalue weighted by Crippen LogP contribution is 2.34. The van der Waals surface area contributed by atoms with Crippen LogP contribution in [-0.4, -0.2) is 33.9 Å². The zero-order valence-corrected chi connectivity index (χ0v) is 18.3. The smallest absolute Gasteiger partial charge is 0.349 e. The number of imide groups is 1. The van der Waals surface area contributed by atoms with Crippen LogP contribution in [-0.2, 0) is 23.6 Å². The Kier molecular flexibility index (Phi) is 5.82. The van der Waals surface area contributed by atoms with Crippen LogP contribution in [0.5, 0.6) is 0 Å². The number of imidazole rings is 1. The van der Waals surface area contributed by atoms with Gasteiger partial charge >= 0.3 is 12.2 Å². The van der Waals surface area contributed by atoms with Crippen molar-refractivity contribution in [2.75, 3.05) is 6.54 Å². The van der Waals surface area contributed by atoms with Crippen LogP contribution in [0.3, 0.4) is 0 Å². The van der Waals surface area contributed by atoms with Crippen molar-refractivity contribution < 1.29 is 27.6 Å². The summed E-state index contributed by atoms with van der Waals surface area (Å²) in [5.41, 5.74) is -1.86. The van der Waals surface area contributed by atoms with Crippen LogP contribution < -0.4 is 16.0 Å². The minimum absolute atomic E-state index is 0.00338. The maximum absolute atomic E-state index is 13.2. The maximum Gasteiger partial charge on any atom is 0.416 e. The van der Waals surface area contributed by atoms with Crippen molar-refractivity contribution in [1.29, 1.82) is 0 Å². The number of alkyl halides is 3. The van der Waals surface area contributed by atoms with Gasteiger partial charge in [0.05, 0.1) is 22.7 Å². The first kappa shape index (κ1) is 23.3. The molecule has 4 rings (SSSR count). The number of hydrogen-bond donors (Lipinski definition) is 3. The van der Waals surface area contributed by atoms with Gasteiger partial charge < -0.3 is 15.2 Å². The molecule has 12 heteroatoms. The van der Waals surface area contributed by atoms with E-state index in [1.807, 2.05) is 0 Å². The zero-order valence-electron chi connectivity index (χ0n) is 17.5. The summed E-state index contributed by atoms with van der Waals surface area (Å²) >= 11 is 6.28. The lowest BCUT2D eigenvalue weighted by atomic mass is 9.96. The molecule has 34 heavy (non-hydrogen) atoms. The summed E-state index contributed by atoms with van der Waals surface area (Å²) < 4.78 is 40.3. The molecule has 2 aromatic carbocycles. The predicted molar refractivity (Wildman–Crippen MR) is 116 cm³/mol. The number of benzene rings is 2. The molecule has 0 aliphatic carbocycles. The Morgan fingerprint density at radius 3 is 2.44 bits per heavy atom. The monoisotopic (exact) mass is 491 g/mol. The largest absolute Gasteiger partial charge is 0.416 e. The van der Waals surface area contributed by atoms with Gasteiger partial charge in [-0.3, -0.25) is 14.9 Å². The Morgan fingerprint density at radius 2 is 1.88 bits per heavy atom. The van der Waals surface area contributed by atoms with Crippen molar-refractivity contribution >= 4 is 29.4 Å². The molecule has 4 amide bonds. The van der Waals surface area contributed by atoms with Gasteiger partial charge in [-0.25, -0.2) is 9.78 Å². The number of rotatable bonds is 5. The van der Waals surface area contributed by atoms with Crippen molar-refractivity contribution in [3.8, 4) is 11.1 Å². The third-order valence-corrected chi connectivity index (χ3v) is 5.74. The molecule has 0 bridgehead atoms. The van der Waals surface area contributed by atoms with Crippen molar-refractivity contribution in [2.45, 2.75) is 11.7 Å². The van der Waals surface area contributed by atoms with Crippen LogP contribution in [0.15, 0.2) is 54.9 Å². The van der Waals surface area contributed by atoms with Crippen LogP contribution in [0, 0.1) is 0 Å². The van der Waals surface area contributed by atoms with Gasteiger partial charge in [-0.05, 0) is 29.3 Å². The molecular formula is C22H17ClF3N5O3. The first-order chi connectivity index (χ1) is 16.0. The van der Waals surface area contributed by atoms with Gasteiger partial charge in [0.25, 0.3) is 11.8 Å². The van der Waals surface area contributed by atoms with E-state index in [0.717, 1.165) is 12.1 Å². The first-order valence-electron chi connectivity index (χ1n) is 9.88. The second kappa shape index (κ2) is 8.49. The van der Waals surface area contributed by atoms with E-state index in [9.17, 15) is 27.6 Å². The van der Waals surface area contributed by atoms with Gasteiger partial charge in [-0.1, -0.05) is 35.9 Å². The van der Waals surface area contributed by atoms with E-state index >= 15 is 0 Å². The average molecular weight is 492 g/mol. The van der Waals surface area contributed by atoms with Crippen molar-refractivity contribution in [3.63, 3.8) is 0 Å². The Balaban J connectivity index is 1.66. The maximum atomic E-state index is 13.2. The Hall–Kier alpha value is -3.86. The standard InChI is InChI=1S/C22H17ClF3N5O3/c1-31-10-9-27-18(31)21(19(33)29-20(34)30-21)11-28-17(32)16-14(3-2-4-15(16)23)12-5-7-13(8-6-12)22(24,25)26/h2-10H,11H2,1H3,(H,28,32)(H2,29,30,33,34). The number of aryl methyl sites for hydroxylation is 1. The van der Waals surface area contributed by atoms with E-state index < -0.39 is 35.1 Å². The lowest BCUT2D eigenvalue weighted by Crippen LogP contribution is -2.54. The summed E-state index contributed by atoms with van der Waals surface area (Å²) in [6.45, 7) is -0.355. The Bertz CT molecular complexity index is 1290. The van der Waals surface area contributed by atoms with E-state index in [1.54, 1.807) is 25.4 Å². The number of halogens is 4. The molecule has 3 aromatic rings. The van der Waals surface area contributed by atoms with Crippen molar-refractivity contribution in [2.24, 2.45) is 7.05 Å². The molecule has 1 unspecified atom stereocenters. The summed E-state index contributed by atoms with van der Waals surface area (Å²) in [5, 5.41) is 7.31. The number of carbonyl (C=O) groups excluding carboxylic acids is 3. The van der Waals surface area contributed by atoms with Crippen LogP contribution in [0.4, 0.5) is 18.0 Å². The minimum Gasteiger partial charge on any atom is -0.349 e. The molecular weight excluding hydrogens is 475 g/mol. The number of carbonyl (C=O) groups is 3. The van der Waals surface area contributed by atoms with Gasteiger partial charge in [-0.2, -0.15) is 13.2 Å². The Morgan fingerprint density at radius 1 is 1.18 bits per heavy atom. The fourth-order valence-electron chi connectivity index (χ4n) is 3.76. The lowest BCUT2D eigenvalue weighted by Gasteiger charge is -2.26. The third kappa shape index (κ3) is 4.10. The molecule has 176 valence electrons. The van der Waals surface area contributed by atoms with E-state index in [1.165, 1.54) is 29.0 Å². The van der Waals surface area contributed by atoms with Crippen molar-refractivity contribution in [3.05, 3.63) is 76.8 Å². The van der Waals surface area contributed by atoms with Gasteiger partial charge in [-0.15, -0.1) is 0 Å². The van der Waals surface area contributed by atoms with Crippen LogP contribution in [0.2, 0.25) is 5.02 Å². The average Bonchev–Trinajstić information content (AvgIpc) is 3.33. The number of nitrogens with zero attached hydrogens (tertiary/aromatic N) is 2. The molecule has 3 N–H and O–H groups in total. The minimum atomic E-state index is -4.50. The highest BCUT2D eigenvalue weighted by molar-refractivity contribution is 6.34. The lowest BCUT2D eigenvalue weighted by molar-refractivity contribution is -0.137. The number of urea groups is 1. The van der Waals surface area contributed by atoms with Crippen LogP contribution in [0.1, 0.15) is 21.7 Å². The fraction of sp³-hybridized carbons (Fsp3) is 0.182. The Labute approximate surface area is 196 Å². The number of nitrogens with one attached hydrogen (secondary N) is 3. The number of hydrogen-bond acceptors (Lipinski definition) is 4. The molecule has 8 nitrogen and oxygen atoms in total. The van der Waals surface area contributed by atoms with Crippen LogP contribution >= 0.6 is 11.6 Å². The summed E-state index contributed by atoms with van der Waals surface area (Å²) in [7, 11) is 1.63. The first-order valence-corrected chi connectivity index (χ1v) is 10.3. The van der Waals surface area contributed by atoms with E-state index in [4.69, 9.17) is 11.6 Å². The highest BCUT2D eigenvalue weighted by atomic mass is 35.5. The second-order valence-corrected chi connectivity index (χ2v) is 8.00. The summed E-state index contributed by atoms with van der Waals surface area (Å²) in [6, 6.07) is 8.12. The summed E-state index contributed by atoms with van der Waals surface area (Å²) in [5.74, 6) is -1.20. The summed E-state index contributed by atoms with van der Waals surface area (Å²) in [6.07, 6.45) is -1.49. The SMILES string of the molecule is Cn1ccnc1C1(CNC(=O)c2c(Cl)cccc2-c2ccc(C(F)(F)F)cc2)NC(=O)NC1=O. The molecule has 1 aliphatic rings. The van der Waals surface area contributed by atoms with Gasteiger partial charge in [0, 0.05) is 19.4 Å². The van der Waals surface area contributed by atoms with Gasteiger partial charge in [0.2, 0.25) is 0 Å². The van der Waals surface area contributed by atoms with E-state index in [-0.39, 0.29) is 23.0 Å². The zero-order chi connectivity index (χ0) is 24.7. The topological polar surface area (TPSA) is 105 Å². The fourth-order valence-corrected chi connectivity index (χ4v) is 4.03. The molecule has 1 aromatic heterocycles. The van der Waals surface area contributed by atoms with Crippen LogP contribution in [0.25, 0.3) is 11.1 Å². The molecule has 1 atom stereocenters.